The van der Waals surface area contributed by atoms with Crippen molar-refractivity contribution in [3.8, 4) is 5.75 Å². The van der Waals surface area contributed by atoms with Crippen LogP contribution in [0.4, 0.5) is 0 Å². The van der Waals surface area contributed by atoms with E-state index < -0.39 is 0 Å². The van der Waals surface area contributed by atoms with Crippen LogP contribution in [0.15, 0.2) is 24.3 Å². The minimum atomic E-state index is -0.155. The molecule has 1 aliphatic rings. The summed E-state index contributed by atoms with van der Waals surface area (Å²) in [5, 5.41) is 0. The predicted molar refractivity (Wildman–Crippen MR) is 75.7 cm³/mol. The Bertz CT molecular complexity index is 390. The molecule has 1 saturated carbocycles. The van der Waals surface area contributed by atoms with Crippen LogP contribution in [0.2, 0.25) is 0 Å². The van der Waals surface area contributed by atoms with Gasteiger partial charge in [-0.3, -0.25) is 0 Å². The maximum absolute atomic E-state index is 6.65. The summed E-state index contributed by atoms with van der Waals surface area (Å²) < 4.78 is 5.58. The van der Waals surface area contributed by atoms with Crippen molar-refractivity contribution in [2.24, 2.45) is 11.7 Å². The van der Waals surface area contributed by atoms with Gasteiger partial charge in [-0.1, -0.05) is 31.9 Å². The van der Waals surface area contributed by atoms with Crippen LogP contribution < -0.4 is 10.5 Å². The van der Waals surface area contributed by atoms with Crippen molar-refractivity contribution in [1.29, 1.82) is 0 Å². The highest BCUT2D eigenvalue weighted by Crippen LogP contribution is 2.36. The first kappa shape index (κ1) is 13.4. The Morgan fingerprint density at radius 1 is 1.33 bits per heavy atom. The van der Waals surface area contributed by atoms with Gasteiger partial charge in [0.1, 0.15) is 5.75 Å². The first-order valence-electron chi connectivity index (χ1n) is 7.16. The largest absolute Gasteiger partial charge is 0.494 e. The van der Waals surface area contributed by atoms with Gasteiger partial charge in [-0.2, -0.15) is 0 Å². The second-order valence-corrected chi connectivity index (χ2v) is 5.65. The molecule has 1 fully saturated rings. The molecule has 0 spiro atoms. The lowest BCUT2D eigenvalue weighted by Gasteiger charge is -2.29. The topological polar surface area (TPSA) is 35.2 Å². The second-order valence-electron chi connectivity index (χ2n) is 5.65. The Balaban J connectivity index is 2.20. The molecule has 0 heterocycles. The summed E-state index contributed by atoms with van der Waals surface area (Å²) in [5.41, 5.74) is 7.74. The van der Waals surface area contributed by atoms with Crippen LogP contribution >= 0.6 is 0 Å². The van der Waals surface area contributed by atoms with E-state index in [4.69, 9.17) is 10.5 Å². The Hall–Kier alpha value is -1.02. The van der Waals surface area contributed by atoms with Crippen molar-refractivity contribution in [2.45, 2.75) is 51.5 Å². The van der Waals surface area contributed by atoms with Crippen molar-refractivity contribution >= 4 is 0 Å². The van der Waals surface area contributed by atoms with E-state index in [1.54, 1.807) is 0 Å². The van der Waals surface area contributed by atoms with E-state index in [1.807, 2.05) is 13.0 Å². The van der Waals surface area contributed by atoms with Crippen LogP contribution in [0, 0.1) is 5.92 Å². The predicted octanol–water partition coefficient (Wildman–Crippen LogP) is 3.84. The van der Waals surface area contributed by atoms with E-state index >= 15 is 0 Å². The molecule has 1 aromatic rings. The third-order valence-corrected chi connectivity index (χ3v) is 4.12. The molecule has 2 rings (SSSR count). The Kier molecular flexibility index (Phi) is 4.28. The summed E-state index contributed by atoms with van der Waals surface area (Å²) in [6.07, 6.45) is 5.95. The lowest BCUT2D eigenvalue weighted by Crippen LogP contribution is -2.36. The normalized spacial score (nSPS) is 28.7. The molecule has 0 saturated heterocycles. The van der Waals surface area contributed by atoms with E-state index in [2.05, 4.69) is 25.1 Å². The van der Waals surface area contributed by atoms with E-state index in [-0.39, 0.29) is 5.54 Å². The fourth-order valence-corrected chi connectivity index (χ4v) is 2.89. The monoisotopic (exact) mass is 247 g/mol. The highest BCUT2D eigenvalue weighted by Gasteiger charge is 2.30. The van der Waals surface area contributed by atoms with E-state index in [1.165, 1.54) is 24.8 Å². The van der Waals surface area contributed by atoms with Gasteiger partial charge in [-0.15, -0.1) is 0 Å². The Morgan fingerprint density at radius 2 is 2.17 bits per heavy atom. The number of hydrogen-bond acceptors (Lipinski definition) is 2. The van der Waals surface area contributed by atoms with Crippen LogP contribution in [0.5, 0.6) is 5.75 Å². The molecule has 2 nitrogen and oxygen atoms in total. The summed E-state index contributed by atoms with van der Waals surface area (Å²) in [4.78, 5) is 0. The molecular weight excluding hydrogens is 222 g/mol. The summed E-state index contributed by atoms with van der Waals surface area (Å²) >= 11 is 0. The van der Waals surface area contributed by atoms with Gasteiger partial charge in [0.05, 0.1) is 6.61 Å². The van der Waals surface area contributed by atoms with Crippen LogP contribution in [-0.4, -0.2) is 6.61 Å². The van der Waals surface area contributed by atoms with Gasteiger partial charge in [0.25, 0.3) is 0 Å². The van der Waals surface area contributed by atoms with Gasteiger partial charge in [0.15, 0.2) is 0 Å². The standard InChI is InChI=1S/C16H25NO/c1-3-18-15-8-4-7-14(12-15)16(17)10-5-6-13(2)9-11-16/h4,7-8,12-13H,3,5-6,9-11,17H2,1-2H3. The Labute approximate surface area is 111 Å². The number of nitrogens with two attached hydrogens (primary N) is 1. The summed E-state index contributed by atoms with van der Waals surface area (Å²) in [7, 11) is 0. The van der Waals surface area contributed by atoms with Gasteiger partial charge < -0.3 is 10.5 Å². The van der Waals surface area contributed by atoms with Gasteiger partial charge in [0, 0.05) is 5.54 Å². The molecule has 0 radical (unpaired) electrons. The third kappa shape index (κ3) is 3.05. The van der Waals surface area contributed by atoms with Gasteiger partial charge >= 0.3 is 0 Å². The van der Waals surface area contributed by atoms with Crippen LogP contribution in [0.25, 0.3) is 0 Å². The lowest BCUT2D eigenvalue weighted by atomic mass is 9.83. The molecule has 2 N–H and O–H groups in total. The molecular formula is C16H25NO. The fraction of sp³-hybridized carbons (Fsp3) is 0.625. The molecule has 0 aliphatic heterocycles. The van der Waals surface area contributed by atoms with Crippen molar-refractivity contribution in [3.05, 3.63) is 29.8 Å². The smallest absolute Gasteiger partial charge is 0.119 e. The van der Waals surface area contributed by atoms with Crippen LogP contribution in [0.1, 0.15) is 51.5 Å². The summed E-state index contributed by atoms with van der Waals surface area (Å²) in [5.74, 6) is 1.75. The molecule has 1 aromatic carbocycles. The molecule has 18 heavy (non-hydrogen) atoms. The van der Waals surface area contributed by atoms with Crippen molar-refractivity contribution in [3.63, 3.8) is 0 Å². The minimum Gasteiger partial charge on any atom is -0.494 e. The zero-order valence-corrected chi connectivity index (χ0v) is 11.6. The zero-order chi connectivity index (χ0) is 13.0. The number of benzene rings is 1. The minimum absolute atomic E-state index is 0.155. The molecule has 2 unspecified atom stereocenters. The first-order valence-corrected chi connectivity index (χ1v) is 7.16. The average Bonchev–Trinajstić information content (AvgIpc) is 2.54. The van der Waals surface area contributed by atoms with Crippen molar-refractivity contribution in [2.75, 3.05) is 6.61 Å². The van der Waals surface area contributed by atoms with E-state index in [0.29, 0.717) is 6.61 Å². The number of rotatable bonds is 3. The quantitative estimate of drug-likeness (QED) is 0.824. The molecule has 2 heteroatoms. The average molecular weight is 247 g/mol. The molecule has 100 valence electrons. The molecule has 1 aliphatic carbocycles. The Morgan fingerprint density at radius 3 is 2.94 bits per heavy atom. The molecule has 0 aromatic heterocycles. The highest BCUT2D eigenvalue weighted by atomic mass is 16.5. The van der Waals surface area contributed by atoms with Crippen molar-refractivity contribution < 1.29 is 4.74 Å². The zero-order valence-electron chi connectivity index (χ0n) is 11.6. The number of hydrogen-bond donors (Lipinski definition) is 1. The molecule has 2 atom stereocenters. The van der Waals surface area contributed by atoms with Gasteiger partial charge in [0.2, 0.25) is 0 Å². The van der Waals surface area contributed by atoms with E-state index in [0.717, 1.165) is 24.5 Å². The molecule has 0 amide bonds. The van der Waals surface area contributed by atoms with Crippen LogP contribution in [-0.2, 0) is 5.54 Å². The highest BCUT2D eigenvalue weighted by molar-refractivity contribution is 5.33. The maximum Gasteiger partial charge on any atom is 0.119 e. The fourth-order valence-electron chi connectivity index (χ4n) is 2.89. The third-order valence-electron chi connectivity index (χ3n) is 4.12. The van der Waals surface area contributed by atoms with Crippen molar-refractivity contribution in [1.82, 2.24) is 0 Å². The summed E-state index contributed by atoms with van der Waals surface area (Å²) in [6.45, 7) is 5.05. The van der Waals surface area contributed by atoms with Crippen LogP contribution in [0.3, 0.4) is 0 Å². The van der Waals surface area contributed by atoms with Gasteiger partial charge in [-0.25, -0.2) is 0 Å². The van der Waals surface area contributed by atoms with Gasteiger partial charge in [-0.05, 0) is 49.8 Å². The lowest BCUT2D eigenvalue weighted by molar-refractivity contribution is 0.335. The number of ether oxygens (including phenoxy) is 1. The maximum atomic E-state index is 6.65. The molecule has 0 bridgehead atoms. The second kappa shape index (κ2) is 5.75. The van der Waals surface area contributed by atoms with E-state index in [9.17, 15) is 0 Å². The first-order chi connectivity index (χ1) is 8.64. The summed E-state index contributed by atoms with van der Waals surface area (Å²) in [6, 6.07) is 8.34. The SMILES string of the molecule is CCOc1cccc(C2(N)CCCC(C)CC2)c1.